The number of aryl methyl sites for hydroxylation is 1. The van der Waals surface area contributed by atoms with Crippen molar-refractivity contribution in [1.82, 2.24) is 9.97 Å². The van der Waals surface area contributed by atoms with E-state index in [9.17, 15) is 4.79 Å². The van der Waals surface area contributed by atoms with Crippen LogP contribution in [0, 0.1) is 0 Å². The topological polar surface area (TPSA) is 64.1 Å². The lowest BCUT2D eigenvalue weighted by Gasteiger charge is -2.10. The summed E-state index contributed by atoms with van der Waals surface area (Å²) in [6.07, 6.45) is 6.55. The molecule has 0 saturated heterocycles. The predicted molar refractivity (Wildman–Crippen MR) is 133 cm³/mol. The molecule has 0 aliphatic rings. The zero-order chi connectivity index (χ0) is 22.9. The molecule has 0 fully saturated rings. The molecular weight excluding hydrogens is 410 g/mol. The van der Waals surface area contributed by atoms with Crippen LogP contribution in [0.5, 0.6) is 5.75 Å². The highest BCUT2D eigenvalue weighted by Gasteiger charge is 2.11. The minimum Gasteiger partial charge on any atom is -0.497 e. The minimum absolute atomic E-state index is 0.0975. The van der Waals surface area contributed by atoms with Gasteiger partial charge in [-0.3, -0.25) is 4.79 Å². The van der Waals surface area contributed by atoms with Gasteiger partial charge in [-0.15, -0.1) is 0 Å². The zero-order valence-electron chi connectivity index (χ0n) is 18.4. The van der Waals surface area contributed by atoms with Crippen LogP contribution in [-0.2, 0) is 11.2 Å². The number of amides is 1. The summed E-state index contributed by atoms with van der Waals surface area (Å²) in [5.74, 6) is 1.12. The second-order valence-electron chi connectivity index (χ2n) is 7.50. The largest absolute Gasteiger partial charge is 0.497 e. The maximum atomic E-state index is 12.6. The van der Waals surface area contributed by atoms with Crippen LogP contribution in [0.25, 0.3) is 23.4 Å². The summed E-state index contributed by atoms with van der Waals surface area (Å²) in [4.78, 5) is 21.9. The van der Waals surface area contributed by atoms with Crippen LogP contribution in [0.2, 0.25) is 0 Å². The lowest BCUT2D eigenvalue weighted by Crippen LogP contribution is -2.15. The number of nitrogens with one attached hydrogen (secondary N) is 1. The van der Waals surface area contributed by atoms with Gasteiger partial charge < -0.3 is 10.1 Å². The molecule has 1 aromatic heterocycles. The van der Waals surface area contributed by atoms with E-state index in [1.807, 2.05) is 97.1 Å². The number of aromatic nitrogens is 2. The normalized spacial score (nSPS) is 10.8. The number of hydrogen-bond acceptors (Lipinski definition) is 4. The molecule has 1 amide bonds. The highest BCUT2D eigenvalue weighted by molar-refractivity contribution is 5.92. The van der Waals surface area contributed by atoms with Crippen molar-refractivity contribution in [2.24, 2.45) is 0 Å². The van der Waals surface area contributed by atoms with Crippen molar-refractivity contribution >= 4 is 23.9 Å². The summed E-state index contributed by atoms with van der Waals surface area (Å²) in [6.45, 7) is 0. The molecule has 0 atom stereocenters. The molecule has 5 nitrogen and oxygen atoms in total. The van der Waals surface area contributed by atoms with Gasteiger partial charge in [0.15, 0.2) is 5.82 Å². The van der Waals surface area contributed by atoms with Crippen molar-refractivity contribution < 1.29 is 9.53 Å². The molecule has 1 N–H and O–H groups in total. The Hall–Kier alpha value is -4.25. The number of rotatable bonds is 8. The minimum atomic E-state index is -0.0975. The molecule has 0 radical (unpaired) electrons. The van der Waals surface area contributed by atoms with Gasteiger partial charge in [0.2, 0.25) is 5.91 Å². The van der Waals surface area contributed by atoms with Gasteiger partial charge in [-0.2, -0.15) is 0 Å². The van der Waals surface area contributed by atoms with Crippen LogP contribution in [0.3, 0.4) is 0 Å². The summed E-state index contributed by atoms with van der Waals surface area (Å²) in [5.41, 5.74) is 4.39. The molecule has 4 rings (SSSR count). The fourth-order valence-corrected chi connectivity index (χ4v) is 3.35. The van der Waals surface area contributed by atoms with E-state index >= 15 is 0 Å². The second kappa shape index (κ2) is 10.9. The van der Waals surface area contributed by atoms with Crippen LogP contribution in [0.4, 0.5) is 5.82 Å². The van der Waals surface area contributed by atoms with Gasteiger partial charge in [0, 0.05) is 12.0 Å². The van der Waals surface area contributed by atoms with E-state index in [-0.39, 0.29) is 5.91 Å². The first-order valence-electron chi connectivity index (χ1n) is 10.8. The molecule has 0 aliphatic heterocycles. The zero-order valence-corrected chi connectivity index (χ0v) is 18.4. The monoisotopic (exact) mass is 435 g/mol. The van der Waals surface area contributed by atoms with Gasteiger partial charge in [-0.1, -0.05) is 66.7 Å². The predicted octanol–water partition coefficient (Wildman–Crippen LogP) is 5.89. The van der Waals surface area contributed by atoms with Gasteiger partial charge in [0.05, 0.1) is 19.0 Å². The Balaban J connectivity index is 1.57. The second-order valence-corrected chi connectivity index (χ2v) is 7.50. The van der Waals surface area contributed by atoms with E-state index in [2.05, 4.69) is 10.3 Å². The maximum Gasteiger partial charge on any atom is 0.225 e. The number of carbonyl (C=O) groups is 1. The van der Waals surface area contributed by atoms with Gasteiger partial charge in [-0.25, -0.2) is 9.97 Å². The highest BCUT2D eigenvalue weighted by atomic mass is 16.5. The molecule has 5 heteroatoms. The Morgan fingerprint density at radius 2 is 1.61 bits per heavy atom. The van der Waals surface area contributed by atoms with Crippen LogP contribution in [-0.4, -0.2) is 23.0 Å². The number of ether oxygens (including phenoxy) is 1. The van der Waals surface area contributed by atoms with E-state index in [1.165, 1.54) is 0 Å². The number of benzene rings is 3. The molecule has 33 heavy (non-hydrogen) atoms. The highest BCUT2D eigenvalue weighted by Crippen LogP contribution is 2.23. The fraction of sp³-hybridized carbons (Fsp3) is 0.107. The molecule has 0 saturated carbocycles. The Kier molecular flexibility index (Phi) is 7.23. The third-order valence-corrected chi connectivity index (χ3v) is 5.16. The molecular formula is C28H25N3O2. The average molecular weight is 436 g/mol. The fourth-order valence-electron chi connectivity index (χ4n) is 3.35. The molecule has 0 spiro atoms. The van der Waals surface area contributed by atoms with Crippen LogP contribution < -0.4 is 10.1 Å². The first-order chi connectivity index (χ1) is 16.2. The summed E-state index contributed by atoms with van der Waals surface area (Å²) in [7, 11) is 1.64. The molecule has 4 aromatic rings. The Labute approximate surface area is 193 Å². The number of hydrogen-bond donors (Lipinski definition) is 1. The SMILES string of the molecule is COc1ccc(-c2cnc(NC(=O)CCc3ccccc3)c(/C=C/c3ccccc3)n2)cc1. The smallest absolute Gasteiger partial charge is 0.225 e. The van der Waals surface area contributed by atoms with Gasteiger partial charge >= 0.3 is 0 Å². The van der Waals surface area contributed by atoms with Crippen molar-refractivity contribution in [2.45, 2.75) is 12.8 Å². The third kappa shape index (κ3) is 6.14. The van der Waals surface area contributed by atoms with E-state index in [1.54, 1.807) is 13.3 Å². The van der Waals surface area contributed by atoms with Crippen molar-refractivity contribution in [3.8, 4) is 17.0 Å². The van der Waals surface area contributed by atoms with E-state index < -0.39 is 0 Å². The van der Waals surface area contributed by atoms with Crippen molar-refractivity contribution in [2.75, 3.05) is 12.4 Å². The van der Waals surface area contributed by atoms with Crippen molar-refractivity contribution in [3.63, 3.8) is 0 Å². The van der Waals surface area contributed by atoms with Crippen molar-refractivity contribution in [1.29, 1.82) is 0 Å². The van der Waals surface area contributed by atoms with E-state index in [0.717, 1.165) is 22.4 Å². The van der Waals surface area contributed by atoms with Gasteiger partial charge in [-0.05, 0) is 47.9 Å². The molecule has 3 aromatic carbocycles. The summed E-state index contributed by atoms with van der Waals surface area (Å²) >= 11 is 0. The quantitative estimate of drug-likeness (QED) is 0.375. The van der Waals surface area contributed by atoms with Gasteiger partial charge in [0.25, 0.3) is 0 Å². The molecule has 0 unspecified atom stereocenters. The number of carbonyl (C=O) groups excluding carboxylic acids is 1. The average Bonchev–Trinajstić information content (AvgIpc) is 2.88. The molecule has 1 heterocycles. The van der Waals surface area contributed by atoms with Crippen LogP contribution >= 0.6 is 0 Å². The maximum absolute atomic E-state index is 12.6. The molecule has 164 valence electrons. The van der Waals surface area contributed by atoms with Gasteiger partial charge in [0.1, 0.15) is 11.4 Å². The number of nitrogens with zero attached hydrogens (tertiary/aromatic N) is 2. The Bertz CT molecular complexity index is 1220. The van der Waals surface area contributed by atoms with Crippen LogP contribution in [0.15, 0.2) is 91.1 Å². The van der Waals surface area contributed by atoms with Crippen LogP contribution in [0.1, 0.15) is 23.2 Å². The Morgan fingerprint density at radius 1 is 0.909 bits per heavy atom. The van der Waals surface area contributed by atoms with Crippen molar-refractivity contribution in [3.05, 3.63) is 108 Å². The lowest BCUT2D eigenvalue weighted by atomic mass is 10.1. The Morgan fingerprint density at radius 3 is 2.30 bits per heavy atom. The number of anilines is 1. The first-order valence-corrected chi connectivity index (χ1v) is 10.8. The summed E-state index contributed by atoms with van der Waals surface area (Å²) in [6, 6.07) is 27.5. The van der Waals surface area contributed by atoms with E-state index in [0.29, 0.717) is 30.0 Å². The first kappa shape index (κ1) is 22.0. The summed E-state index contributed by atoms with van der Waals surface area (Å²) in [5, 5.41) is 2.93. The summed E-state index contributed by atoms with van der Waals surface area (Å²) < 4.78 is 5.24. The molecule has 0 aliphatic carbocycles. The lowest BCUT2D eigenvalue weighted by molar-refractivity contribution is -0.116. The number of methoxy groups -OCH3 is 1. The standard InChI is InChI=1S/C28H25N3O2/c1-33-24-16-14-23(15-17-24)26-20-29-28(25(30-26)18-12-21-8-4-2-5-9-21)31-27(32)19-13-22-10-6-3-7-11-22/h2-12,14-18,20H,13,19H2,1H3,(H,29,31,32)/b18-12+. The molecule has 0 bridgehead atoms. The third-order valence-electron chi connectivity index (χ3n) is 5.16. The van der Waals surface area contributed by atoms with E-state index in [4.69, 9.17) is 9.72 Å².